The van der Waals surface area contributed by atoms with Crippen LogP contribution in [0.1, 0.15) is 19.6 Å². The lowest BCUT2D eigenvalue weighted by molar-refractivity contribution is -0.142. The minimum absolute atomic E-state index is 0.0527. The lowest BCUT2D eigenvalue weighted by Crippen LogP contribution is -2.51. The van der Waals surface area contributed by atoms with Gasteiger partial charge in [0.2, 0.25) is 5.91 Å². The number of carbonyl (C=O) groups is 2. The van der Waals surface area contributed by atoms with Crippen LogP contribution in [0.2, 0.25) is 0 Å². The van der Waals surface area contributed by atoms with E-state index in [4.69, 9.17) is 15.3 Å². The summed E-state index contributed by atoms with van der Waals surface area (Å²) in [4.78, 5) is 22.8. The number of hydrogen-bond acceptors (Lipinski definition) is 4. The fraction of sp³-hybridized carbons (Fsp3) is 0.500. The molecule has 4 N–H and O–H groups in total. The third-order valence-electron chi connectivity index (χ3n) is 2.62. The van der Waals surface area contributed by atoms with Crippen LogP contribution in [0, 0.1) is 5.92 Å². The van der Waals surface area contributed by atoms with E-state index in [9.17, 15) is 9.59 Å². The SMILES string of the molecule is CC(C)C(N)C(=O)NC(Cc1ccco1)C(=O)O. The molecule has 1 aromatic heterocycles. The van der Waals surface area contributed by atoms with Crippen molar-refractivity contribution >= 4 is 11.9 Å². The Hall–Kier alpha value is -1.82. The van der Waals surface area contributed by atoms with E-state index in [1.807, 2.05) is 0 Å². The summed E-state index contributed by atoms with van der Waals surface area (Å²) in [6.07, 6.45) is 1.55. The first-order chi connectivity index (χ1) is 8.41. The van der Waals surface area contributed by atoms with Gasteiger partial charge < -0.3 is 20.6 Å². The molecule has 0 saturated heterocycles. The molecule has 100 valence electrons. The maximum atomic E-state index is 11.7. The summed E-state index contributed by atoms with van der Waals surface area (Å²) >= 11 is 0. The molecule has 18 heavy (non-hydrogen) atoms. The molecule has 0 aliphatic rings. The molecule has 6 nitrogen and oxygen atoms in total. The molecule has 0 radical (unpaired) electrons. The molecule has 0 aromatic carbocycles. The van der Waals surface area contributed by atoms with Gasteiger partial charge in [-0.2, -0.15) is 0 Å². The monoisotopic (exact) mass is 254 g/mol. The molecule has 1 amide bonds. The molecule has 6 heteroatoms. The van der Waals surface area contributed by atoms with E-state index >= 15 is 0 Å². The first-order valence-electron chi connectivity index (χ1n) is 5.73. The fourth-order valence-electron chi connectivity index (χ4n) is 1.40. The number of nitrogens with one attached hydrogen (secondary N) is 1. The average molecular weight is 254 g/mol. The van der Waals surface area contributed by atoms with Gasteiger partial charge in [0.15, 0.2) is 0 Å². The van der Waals surface area contributed by atoms with Gasteiger partial charge >= 0.3 is 5.97 Å². The molecule has 0 spiro atoms. The van der Waals surface area contributed by atoms with Gasteiger partial charge in [-0.1, -0.05) is 13.8 Å². The summed E-state index contributed by atoms with van der Waals surface area (Å²) in [5, 5.41) is 11.5. The summed E-state index contributed by atoms with van der Waals surface area (Å²) in [5.41, 5.74) is 5.65. The van der Waals surface area contributed by atoms with E-state index in [1.54, 1.807) is 26.0 Å². The third kappa shape index (κ3) is 3.89. The van der Waals surface area contributed by atoms with Crippen molar-refractivity contribution < 1.29 is 19.1 Å². The molecule has 0 aliphatic heterocycles. The zero-order valence-corrected chi connectivity index (χ0v) is 10.4. The molecule has 0 bridgehead atoms. The predicted molar refractivity (Wildman–Crippen MR) is 64.8 cm³/mol. The van der Waals surface area contributed by atoms with Crippen LogP contribution < -0.4 is 11.1 Å². The molecule has 0 aliphatic carbocycles. The summed E-state index contributed by atoms with van der Waals surface area (Å²) < 4.78 is 5.06. The van der Waals surface area contributed by atoms with E-state index in [0.717, 1.165) is 0 Å². The molecule has 2 atom stereocenters. The highest BCUT2D eigenvalue weighted by molar-refractivity contribution is 5.87. The Morgan fingerprint density at radius 2 is 2.17 bits per heavy atom. The largest absolute Gasteiger partial charge is 0.480 e. The topological polar surface area (TPSA) is 106 Å². The van der Waals surface area contributed by atoms with Crippen LogP contribution in [0.4, 0.5) is 0 Å². The minimum atomic E-state index is -1.12. The van der Waals surface area contributed by atoms with Crippen molar-refractivity contribution in [1.29, 1.82) is 0 Å². The van der Waals surface area contributed by atoms with Crippen molar-refractivity contribution in [3.8, 4) is 0 Å². The number of hydrogen-bond donors (Lipinski definition) is 3. The normalized spacial score (nSPS) is 14.2. The standard InChI is InChI=1S/C12H18N2O4/c1-7(2)10(13)11(15)14-9(12(16)17)6-8-4-3-5-18-8/h3-5,7,9-10H,6,13H2,1-2H3,(H,14,15)(H,16,17). The molecule has 0 fully saturated rings. The van der Waals surface area contributed by atoms with Crippen LogP contribution in [0.3, 0.4) is 0 Å². The van der Waals surface area contributed by atoms with Crippen LogP contribution in [-0.4, -0.2) is 29.1 Å². The first kappa shape index (κ1) is 14.2. The molecule has 0 saturated carbocycles. The first-order valence-corrected chi connectivity index (χ1v) is 5.73. The Balaban J connectivity index is 2.64. The van der Waals surface area contributed by atoms with E-state index in [0.29, 0.717) is 5.76 Å². The molecule has 1 aromatic rings. The number of carbonyl (C=O) groups excluding carboxylic acids is 1. The summed E-state index contributed by atoms with van der Waals surface area (Å²) in [7, 11) is 0. The van der Waals surface area contributed by atoms with Crippen molar-refractivity contribution in [3.05, 3.63) is 24.2 Å². The minimum Gasteiger partial charge on any atom is -0.480 e. The Kier molecular flexibility index (Phi) is 4.91. The van der Waals surface area contributed by atoms with Gasteiger partial charge in [0.1, 0.15) is 11.8 Å². The van der Waals surface area contributed by atoms with Gasteiger partial charge in [-0.05, 0) is 18.1 Å². The van der Waals surface area contributed by atoms with Crippen LogP contribution in [0.5, 0.6) is 0 Å². The van der Waals surface area contributed by atoms with Gasteiger partial charge in [0, 0.05) is 6.42 Å². The quantitative estimate of drug-likeness (QED) is 0.680. The number of carboxylic acid groups (broad SMARTS) is 1. The third-order valence-corrected chi connectivity index (χ3v) is 2.62. The van der Waals surface area contributed by atoms with Gasteiger partial charge in [-0.15, -0.1) is 0 Å². The highest BCUT2D eigenvalue weighted by Gasteiger charge is 2.25. The van der Waals surface area contributed by atoms with Crippen molar-refractivity contribution in [2.24, 2.45) is 11.7 Å². The van der Waals surface area contributed by atoms with E-state index in [-0.39, 0.29) is 12.3 Å². The molecule has 1 heterocycles. The maximum absolute atomic E-state index is 11.7. The van der Waals surface area contributed by atoms with E-state index in [2.05, 4.69) is 5.32 Å². The maximum Gasteiger partial charge on any atom is 0.326 e. The zero-order valence-electron chi connectivity index (χ0n) is 10.4. The second-order valence-corrected chi connectivity index (χ2v) is 4.45. The zero-order chi connectivity index (χ0) is 13.7. The molecule has 1 rings (SSSR count). The van der Waals surface area contributed by atoms with Crippen LogP contribution in [-0.2, 0) is 16.0 Å². The van der Waals surface area contributed by atoms with Crippen LogP contribution in [0.25, 0.3) is 0 Å². The lowest BCUT2D eigenvalue weighted by atomic mass is 10.0. The number of aliphatic carboxylic acids is 1. The molecule has 2 unspecified atom stereocenters. The summed E-state index contributed by atoms with van der Waals surface area (Å²) in [5.74, 6) is -1.14. The number of carboxylic acids is 1. The Morgan fingerprint density at radius 3 is 2.61 bits per heavy atom. The lowest BCUT2D eigenvalue weighted by Gasteiger charge is -2.19. The van der Waals surface area contributed by atoms with E-state index in [1.165, 1.54) is 6.26 Å². The predicted octanol–water partition coefficient (Wildman–Crippen LogP) is 0.375. The Morgan fingerprint density at radius 1 is 1.50 bits per heavy atom. The van der Waals surface area contributed by atoms with Gasteiger partial charge in [0.05, 0.1) is 12.3 Å². The van der Waals surface area contributed by atoms with Crippen molar-refractivity contribution in [2.45, 2.75) is 32.4 Å². The number of rotatable bonds is 6. The summed E-state index contributed by atoms with van der Waals surface area (Å²) in [6, 6.07) is 1.57. The number of amides is 1. The average Bonchev–Trinajstić information content (AvgIpc) is 2.79. The van der Waals surface area contributed by atoms with Crippen molar-refractivity contribution in [3.63, 3.8) is 0 Å². The van der Waals surface area contributed by atoms with Crippen molar-refractivity contribution in [2.75, 3.05) is 0 Å². The Bertz CT molecular complexity index is 400. The van der Waals surface area contributed by atoms with Gasteiger partial charge in [0.25, 0.3) is 0 Å². The summed E-state index contributed by atoms with van der Waals surface area (Å²) in [6.45, 7) is 3.60. The van der Waals surface area contributed by atoms with Gasteiger partial charge in [-0.25, -0.2) is 4.79 Å². The Labute approximate surface area is 105 Å². The molecular formula is C12H18N2O4. The fourth-order valence-corrected chi connectivity index (χ4v) is 1.40. The second-order valence-electron chi connectivity index (χ2n) is 4.45. The van der Waals surface area contributed by atoms with Crippen LogP contribution >= 0.6 is 0 Å². The van der Waals surface area contributed by atoms with E-state index < -0.39 is 24.0 Å². The van der Waals surface area contributed by atoms with Gasteiger partial charge in [-0.3, -0.25) is 4.79 Å². The highest BCUT2D eigenvalue weighted by atomic mass is 16.4. The number of nitrogens with two attached hydrogens (primary N) is 1. The highest BCUT2D eigenvalue weighted by Crippen LogP contribution is 2.06. The smallest absolute Gasteiger partial charge is 0.326 e. The van der Waals surface area contributed by atoms with Crippen molar-refractivity contribution in [1.82, 2.24) is 5.32 Å². The number of furan rings is 1. The molecular weight excluding hydrogens is 236 g/mol. The van der Waals surface area contributed by atoms with Crippen LogP contribution in [0.15, 0.2) is 22.8 Å². The second kappa shape index (κ2) is 6.20.